The molecule has 1 fully saturated rings. The van der Waals surface area contributed by atoms with Crippen LogP contribution in [0.1, 0.15) is 24.9 Å². The Balaban J connectivity index is 2.11. The molecule has 2 aromatic heterocycles. The van der Waals surface area contributed by atoms with E-state index in [2.05, 4.69) is 9.97 Å². The first-order valence-electron chi connectivity index (χ1n) is 6.46. The van der Waals surface area contributed by atoms with Crippen LogP contribution < -0.4 is 5.56 Å². The third-order valence-electron chi connectivity index (χ3n) is 3.95. The van der Waals surface area contributed by atoms with Crippen molar-refractivity contribution in [3.05, 3.63) is 34.3 Å². The van der Waals surface area contributed by atoms with Crippen molar-refractivity contribution in [3.8, 4) is 0 Å². The van der Waals surface area contributed by atoms with E-state index in [1.165, 1.54) is 4.90 Å². The number of amides is 1. The molecule has 20 heavy (non-hydrogen) atoms. The van der Waals surface area contributed by atoms with Crippen molar-refractivity contribution in [2.75, 3.05) is 13.1 Å². The molecule has 3 rings (SSSR count). The topological polar surface area (TPSA) is 90.7 Å². The van der Waals surface area contributed by atoms with Crippen LogP contribution in [0.25, 0.3) is 5.52 Å². The Morgan fingerprint density at radius 3 is 2.95 bits per heavy atom. The van der Waals surface area contributed by atoms with E-state index in [1.807, 2.05) is 20.0 Å². The molecule has 1 atom stereocenters. The van der Waals surface area contributed by atoms with Crippen LogP contribution in [0.3, 0.4) is 0 Å². The number of hydrogen-bond donors (Lipinski definition) is 2. The first kappa shape index (κ1) is 12.7. The molecule has 0 bridgehead atoms. The van der Waals surface area contributed by atoms with Crippen molar-refractivity contribution in [2.24, 2.45) is 0 Å². The monoisotopic (exact) mass is 276 g/mol. The number of imidazole rings is 1. The van der Waals surface area contributed by atoms with Crippen LogP contribution in [0.15, 0.2) is 17.2 Å². The molecule has 2 aromatic rings. The van der Waals surface area contributed by atoms with E-state index >= 15 is 0 Å². The van der Waals surface area contributed by atoms with Gasteiger partial charge in [0.1, 0.15) is 11.3 Å². The molecule has 0 saturated carbocycles. The fourth-order valence-electron chi connectivity index (χ4n) is 2.88. The maximum atomic E-state index is 11.9. The van der Waals surface area contributed by atoms with E-state index < -0.39 is 6.09 Å². The summed E-state index contributed by atoms with van der Waals surface area (Å²) in [5.74, 6) is 0.741. The zero-order valence-electron chi connectivity index (χ0n) is 11.4. The number of aromatic amines is 1. The summed E-state index contributed by atoms with van der Waals surface area (Å²) in [7, 11) is 0. The van der Waals surface area contributed by atoms with Crippen LogP contribution in [-0.2, 0) is 5.41 Å². The van der Waals surface area contributed by atoms with Gasteiger partial charge in [-0.3, -0.25) is 9.20 Å². The van der Waals surface area contributed by atoms with Gasteiger partial charge in [0.05, 0.1) is 6.20 Å². The lowest BCUT2D eigenvalue weighted by Crippen LogP contribution is -2.33. The maximum Gasteiger partial charge on any atom is 0.407 e. The fourth-order valence-corrected chi connectivity index (χ4v) is 2.88. The summed E-state index contributed by atoms with van der Waals surface area (Å²) >= 11 is 0. The van der Waals surface area contributed by atoms with Crippen LogP contribution in [0, 0.1) is 6.92 Å². The number of nitrogens with zero attached hydrogens (tertiary/aromatic N) is 3. The first-order chi connectivity index (χ1) is 9.40. The van der Waals surface area contributed by atoms with Crippen LogP contribution in [0.4, 0.5) is 4.79 Å². The minimum absolute atomic E-state index is 0.180. The molecule has 106 valence electrons. The highest BCUT2D eigenvalue weighted by molar-refractivity contribution is 5.65. The second-order valence-corrected chi connectivity index (χ2v) is 5.62. The number of aromatic nitrogens is 3. The molecule has 3 heterocycles. The Kier molecular flexibility index (Phi) is 2.60. The molecule has 0 radical (unpaired) electrons. The Labute approximate surface area is 114 Å². The lowest BCUT2D eigenvalue weighted by molar-refractivity contribution is 0.153. The second-order valence-electron chi connectivity index (χ2n) is 5.62. The normalized spacial score (nSPS) is 22.6. The molecule has 1 unspecified atom stereocenters. The van der Waals surface area contributed by atoms with Gasteiger partial charge in [-0.05, 0) is 13.3 Å². The van der Waals surface area contributed by atoms with Crippen molar-refractivity contribution in [2.45, 2.75) is 25.7 Å². The predicted octanol–water partition coefficient (Wildman–Crippen LogP) is 0.972. The third-order valence-corrected chi connectivity index (χ3v) is 3.95. The van der Waals surface area contributed by atoms with E-state index in [4.69, 9.17) is 5.11 Å². The number of hydrogen-bond acceptors (Lipinski definition) is 3. The maximum absolute atomic E-state index is 11.9. The second kappa shape index (κ2) is 4.09. The molecule has 1 aliphatic rings. The number of rotatable bonds is 1. The summed E-state index contributed by atoms with van der Waals surface area (Å²) in [6, 6.07) is 0. The van der Waals surface area contributed by atoms with E-state index in [0.29, 0.717) is 25.0 Å². The van der Waals surface area contributed by atoms with Gasteiger partial charge in [-0.1, -0.05) is 6.92 Å². The number of nitrogens with one attached hydrogen (secondary N) is 1. The summed E-state index contributed by atoms with van der Waals surface area (Å²) in [4.78, 5) is 31.5. The van der Waals surface area contributed by atoms with Crippen LogP contribution in [-0.4, -0.2) is 43.6 Å². The molecule has 2 N–H and O–H groups in total. The molecule has 7 nitrogen and oxygen atoms in total. The van der Waals surface area contributed by atoms with Gasteiger partial charge in [0.25, 0.3) is 5.56 Å². The van der Waals surface area contributed by atoms with Crippen molar-refractivity contribution < 1.29 is 9.90 Å². The van der Waals surface area contributed by atoms with Crippen LogP contribution in [0.5, 0.6) is 0 Å². The van der Waals surface area contributed by atoms with Crippen molar-refractivity contribution in [1.82, 2.24) is 19.3 Å². The highest BCUT2D eigenvalue weighted by Gasteiger charge is 2.40. The molecular formula is C13H16N4O3. The number of likely N-dealkylation sites (tertiary alicyclic amines) is 1. The van der Waals surface area contributed by atoms with Crippen molar-refractivity contribution in [1.29, 1.82) is 0 Å². The quantitative estimate of drug-likeness (QED) is 0.812. The van der Waals surface area contributed by atoms with Gasteiger partial charge in [-0.25, -0.2) is 9.78 Å². The van der Waals surface area contributed by atoms with Gasteiger partial charge < -0.3 is 15.0 Å². The molecule has 1 amide bonds. The molecular weight excluding hydrogens is 260 g/mol. The highest BCUT2D eigenvalue weighted by Crippen LogP contribution is 2.33. The van der Waals surface area contributed by atoms with Gasteiger partial charge in [-0.2, -0.15) is 0 Å². The predicted molar refractivity (Wildman–Crippen MR) is 72.1 cm³/mol. The van der Waals surface area contributed by atoms with Crippen LogP contribution in [0.2, 0.25) is 0 Å². The molecule has 0 aromatic carbocycles. The Morgan fingerprint density at radius 2 is 2.30 bits per heavy atom. The number of carboxylic acid groups (broad SMARTS) is 1. The molecule has 7 heteroatoms. The summed E-state index contributed by atoms with van der Waals surface area (Å²) < 4.78 is 1.78. The van der Waals surface area contributed by atoms with Gasteiger partial charge in [0, 0.05) is 30.4 Å². The molecule has 1 saturated heterocycles. The Bertz CT molecular complexity index is 748. The summed E-state index contributed by atoms with van der Waals surface area (Å²) in [6.07, 6.45) is 3.16. The third kappa shape index (κ3) is 1.77. The van der Waals surface area contributed by atoms with Gasteiger partial charge >= 0.3 is 6.09 Å². The average Bonchev–Trinajstić information content (AvgIpc) is 2.93. The van der Waals surface area contributed by atoms with E-state index in [-0.39, 0.29) is 11.0 Å². The number of H-pyrrole nitrogens is 1. The lowest BCUT2D eigenvalue weighted by atomic mass is 9.89. The number of carbonyl (C=O) groups is 1. The van der Waals surface area contributed by atoms with E-state index in [1.54, 1.807) is 10.6 Å². The number of fused-ring (bicyclic) bond motifs is 1. The zero-order valence-corrected chi connectivity index (χ0v) is 11.4. The lowest BCUT2D eigenvalue weighted by Gasteiger charge is -2.22. The Hall–Kier alpha value is -2.31. The van der Waals surface area contributed by atoms with Gasteiger partial charge in [0.15, 0.2) is 0 Å². The standard InChI is InChI=1S/C13H16N4O3/c1-8-6-17-9(10(18)15-8)5-14-11(17)13(2)3-4-16(7-13)12(19)20/h5-6H,3-4,7H2,1-2H3,(H,15,18)(H,19,20). The highest BCUT2D eigenvalue weighted by atomic mass is 16.4. The smallest absolute Gasteiger partial charge is 0.407 e. The molecule has 0 spiro atoms. The summed E-state index contributed by atoms with van der Waals surface area (Å²) in [5.41, 5.74) is 0.685. The number of aryl methyl sites for hydroxylation is 1. The minimum Gasteiger partial charge on any atom is -0.465 e. The van der Waals surface area contributed by atoms with E-state index in [0.717, 1.165) is 11.5 Å². The largest absolute Gasteiger partial charge is 0.465 e. The molecule has 0 aliphatic carbocycles. The summed E-state index contributed by atoms with van der Waals surface area (Å²) in [5, 5.41) is 9.09. The fraction of sp³-hybridized carbons (Fsp3) is 0.462. The average molecular weight is 276 g/mol. The first-order valence-corrected chi connectivity index (χ1v) is 6.46. The van der Waals surface area contributed by atoms with Crippen LogP contribution >= 0.6 is 0 Å². The zero-order chi connectivity index (χ0) is 14.5. The van der Waals surface area contributed by atoms with Crippen molar-refractivity contribution in [3.63, 3.8) is 0 Å². The van der Waals surface area contributed by atoms with Gasteiger partial charge in [-0.15, -0.1) is 0 Å². The van der Waals surface area contributed by atoms with Crippen molar-refractivity contribution >= 4 is 11.6 Å². The molecule has 1 aliphatic heterocycles. The SMILES string of the molecule is Cc1cn2c(C3(C)CCN(C(=O)O)C3)ncc2c(=O)[nH]1. The van der Waals surface area contributed by atoms with Gasteiger partial charge in [0.2, 0.25) is 0 Å². The summed E-state index contributed by atoms with van der Waals surface area (Å²) in [6.45, 7) is 4.68. The minimum atomic E-state index is -0.913. The Morgan fingerprint density at radius 1 is 1.55 bits per heavy atom. The van der Waals surface area contributed by atoms with E-state index in [9.17, 15) is 9.59 Å².